The van der Waals surface area contributed by atoms with Crippen molar-refractivity contribution >= 4 is 5.91 Å². The van der Waals surface area contributed by atoms with Gasteiger partial charge in [0.2, 0.25) is 5.91 Å². The molecule has 0 aromatic rings. The van der Waals surface area contributed by atoms with Gasteiger partial charge in [0.1, 0.15) is 6.42 Å². The fourth-order valence-corrected chi connectivity index (χ4v) is 0.0779. The van der Waals surface area contributed by atoms with Crippen LogP contribution in [0.25, 0.3) is 0 Å². The Bertz CT molecular complexity index is 91.5. The number of primary amides is 1. The molecule has 32 valence electrons. The van der Waals surface area contributed by atoms with Crippen LogP contribution in [0.3, 0.4) is 0 Å². The summed E-state index contributed by atoms with van der Waals surface area (Å²) in [6, 6.07) is 1.59. The van der Waals surface area contributed by atoms with Crippen LogP contribution in [-0.4, -0.2) is 5.91 Å². The smallest absolute Gasteiger partial charge is 0.231 e. The maximum atomic E-state index is 9.60. The highest BCUT2D eigenvalue weighted by Gasteiger charge is 1.84. The van der Waals surface area contributed by atoms with Gasteiger partial charge < -0.3 is 5.73 Å². The summed E-state index contributed by atoms with van der Waals surface area (Å²) in [6.45, 7) is 0. The summed E-state index contributed by atoms with van der Waals surface area (Å²) < 4.78 is 0. The Morgan fingerprint density at radius 2 is 2.50 bits per heavy atom. The van der Waals surface area contributed by atoms with E-state index >= 15 is 0 Å². The molecule has 6 heavy (non-hydrogen) atoms. The molecule has 0 heterocycles. The van der Waals surface area contributed by atoms with Gasteiger partial charge in [-0.3, -0.25) is 4.79 Å². The van der Waals surface area contributed by atoms with Gasteiger partial charge in [-0.15, -0.1) is 0 Å². The number of hydrogen-bond donors (Lipinski definition) is 1. The van der Waals surface area contributed by atoms with Gasteiger partial charge in [-0.05, 0) is 0 Å². The van der Waals surface area contributed by atoms with Crippen LogP contribution in [0.4, 0.5) is 0 Å². The number of nitriles is 1. The molecule has 2 N–H and O–H groups in total. The zero-order valence-corrected chi connectivity index (χ0v) is 3.14. The lowest BCUT2D eigenvalue weighted by Crippen LogP contribution is -2.07. The number of carbonyl (C=O) groups excluding carboxylic acids is 1. The van der Waals surface area contributed by atoms with E-state index in [4.69, 9.17) is 5.26 Å². The van der Waals surface area contributed by atoms with E-state index in [2.05, 4.69) is 5.73 Å². The summed E-state index contributed by atoms with van der Waals surface area (Å²) in [5.74, 6) is -0.572. The molecule has 0 bridgehead atoms. The average Bonchev–Trinajstić information content (AvgIpc) is 1.35. The monoisotopic (exact) mass is 85.0 g/mol. The molecule has 0 aliphatic rings. The van der Waals surface area contributed by atoms with Crippen LogP contribution in [-0.2, 0) is 4.79 Å². The first kappa shape index (κ1) is 4.96. The fourth-order valence-electron chi connectivity index (χ4n) is 0.0779. The molecule has 0 rings (SSSR count). The second kappa shape index (κ2) is 2.21. The predicted molar refractivity (Wildman–Crippen MR) is 19.4 cm³/mol. The summed E-state index contributed by atoms with van der Waals surface area (Å²) in [5, 5.41) is 7.69. The first-order chi connectivity index (χ1) is 2.77. The molecule has 3 heteroatoms. The molecule has 0 aromatic carbocycles. The Hall–Kier alpha value is -1.04. The number of nitrogens with two attached hydrogens (primary N) is 1. The minimum absolute atomic E-state index is 0.181. The second-order valence-electron chi connectivity index (χ2n) is 0.801. The van der Waals surface area contributed by atoms with Crippen molar-refractivity contribution in [1.82, 2.24) is 0 Å². The number of rotatable bonds is 1. The quantitative estimate of drug-likeness (QED) is 0.431. The third kappa shape index (κ3) is 2.96. The van der Waals surface area contributed by atoms with E-state index in [1.54, 1.807) is 6.07 Å². The van der Waals surface area contributed by atoms with Crippen molar-refractivity contribution in [3.63, 3.8) is 0 Å². The number of nitrogens with zero attached hydrogens (tertiary/aromatic N) is 1. The molecule has 3 nitrogen and oxygen atoms in total. The van der Waals surface area contributed by atoms with Crippen LogP contribution in [0.5, 0.6) is 0 Å². The third-order valence-electron chi connectivity index (χ3n) is 0.253. The van der Waals surface area contributed by atoms with Gasteiger partial charge in [0.15, 0.2) is 0 Å². The number of hydrogen-bond acceptors (Lipinski definition) is 2. The first-order valence-electron chi connectivity index (χ1n) is 1.42. The number of carbonyl (C=O) groups is 1. The van der Waals surface area contributed by atoms with Crippen LogP contribution >= 0.6 is 0 Å². The molecule has 0 radical (unpaired) electrons. The summed E-state index contributed by atoms with van der Waals surface area (Å²) >= 11 is 0. The molecule has 0 unspecified atom stereocenters. The van der Waals surface area contributed by atoms with Crippen molar-refractivity contribution in [3.05, 3.63) is 0 Å². The van der Waals surface area contributed by atoms with Crippen molar-refractivity contribution in [1.29, 1.82) is 5.26 Å². The summed E-state index contributed by atoms with van der Waals surface area (Å²) in [7, 11) is 0. The second-order valence-corrected chi connectivity index (χ2v) is 0.801. The van der Waals surface area contributed by atoms with Gasteiger partial charge in [0, 0.05) is 0 Å². The minimum atomic E-state index is -0.572. The van der Waals surface area contributed by atoms with Gasteiger partial charge in [-0.25, -0.2) is 0 Å². The Balaban J connectivity index is 3.13. The molecular formula is C3H4N2O. The molecule has 0 saturated heterocycles. The molecule has 0 fully saturated rings. The Morgan fingerprint density at radius 1 is 2.00 bits per heavy atom. The van der Waals surface area contributed by atoms with E-state index < -0.39 is 5.91 Å². The molecule has 0 aliphatic carbocycles. The highest BCUT2D eigenvalue weighted by molar-refractivity contribution is 5.75. The first-order valence-corrected chi connectivity index (χ1v) is 1.42. The van der Waals surface area contributed by atoms with E-state index in [1.807, 2.05) is 0 Å². The van der Waals surface area contributed by atoms with E-state index in [1.165, 1.54) is 0 Å². The van der Waals surface area contributed by atoms with Gasteiger partial charge in [-0.2, -0.15) is 5.26 Å². The lowest BCUT2D eigenvalue weighted by Gasteiger charge is -1.71. The van der Waals surface area contributed by atoms with Gasteiger partial charge in [0.05, 0.1) is 6.07 Å². The average molecular weight is 85.1 g/mol. The Morgan fingerprint density at radius 3 is 2.50 bits per heavy atom. The SMILES string of the molecule is N#CC[13C](N)=O. The van der Waals surface area contributed by atoms with Crippen molar-refractivity contribution < 1.29 is 4.79 Å². The van der Waals surface area contributed by atoms with Gasteiger partial charge >= 0.3 is 0 Å². The molecule has 0 saturated carbocycles. The molecule has 0 spiro atoms. The summed E-state index contributed by atoms with van der Waals surface area (Å²) in [4.78, 5) is 9.60. The Kier molecular flexibility index (Phi) is 1.83. The van der Waals surface area contributed by atoms with E-state index in [-0.39, 0.29) is 6.42 Å². The highest BCUT2D eigenvalue weighted by Crippen LogP contribution is 1.64. The highest BCUT2D eigenvalue weighted by atomic mass is 16.2. The maximum Gasteiger partial charge on any atom is 0.231 e. The van der Waals surface area contributed by atoms with E-state index in [0.29, 0.717) is 0 Å². The van der Waals surface area contributed by atoms with Crippen LogP contribution in [0.1, 0.15) is 6.42 Å². The van der Waals surface area contributed by atoms with Crippen molar-refractivity contribution in [3.8, 4) is 6.07 Å². The van der Waals surface area contributed by atoms with Crippen molar-refractivity contribution in [2.75, 3.05) is 0 Å². The van der Waals surface area contributed by atoms with Gasteiger partial charge in [-0.1, -0.05) is 0 Å². The van der Waals surface area contributed by atoms with Gasteiger partial charge in [0.25, 0.3) is 0 Å². The van der Waals surface area contributed by atoms with E-state index in [9.17, 15) is 4.79 Å². The topological polar surface area (TPSA) is 66.9 Å². The molecule has 1 amide bonds. The standard InChI is InChI=1S/C3H4N2O/c4-2-1-3(5)6/h1H2,(H2,5,6)/i3+1. The molecule has 0 atom stereocenters. The molecule has 0 aliphatic heterocycles. The lowest BCUT2D eigenvalue weighted by molar-refractivity contribution is -0.117. The lowest BCUT2D eigenvalue weighted by atomic mass is 10.7. The fraction of sp³-hybridized carbons (Fsp3) is 0.333. The van der Waals surface area contributed by atoms with E-state index in [0.717, 1.165) is 0 Å². The third-order valence-corrected chi connectivity index (χ3v) is 0.253. The van der Waals surface area contributed by atoms with Crippen LogP contribution < -0.4 is 5.73 Å². The minimum Gasteiger partial charge on any atom is -0.369 e. The Labute approximate surface area is 35.4 Å². The number of amides is 1. The van der Waals surface area contributed by atoms with Crippen LogP contribution in [0.2, 0.25) is 0 Å². The predicted octanol–water partition coefficient (Wildman–Crippen LogP) is -0.615. The molecule has 0 aromatic heterocycles. The summed E-state index contributed by atoms with van der Waals surface area (Å²) in [6.07, 6.45) is -0.181. The van der Waals surface area contributed by atoms with Crippen LogP contribution in [0.15, 0.2) is 0 Å². The maximum absolute atomic E-state index is 9.60. The zero-order valence-electron chi connectivity index (χ0n) is 3.14. The summed E-state index contributed by atoms with van der Waals surface area (Å²) in [5.41, 5.74) is 4.54. The van der Waals surface area contributed by atoms with Crippen molar-refractivity contribution in [2.24, 2.45) is 5.73 Å². The van der Waals surface area contributed by atoms with Crippen LogP contribution in [0, 0.1) is 11.3 Å². The largest absolute Gasteiger partial charge is 0.369 e. The molecular weight excluding hydrogens is 81.0 g/mol. The normalized spacial score (nSPS) is 6.50. The van der Waals surface area contributed by atoms with Crippen molar-refractivity contribution in [2.45, 2.75) is 6.42 Å². The zero-order chi connectivity index (χ0) is 4.99.